The summed E-state index contributed by atoms with van der Waals surface area (Å²) in [7, 11) is 1.28. The number of carbonyl (C=O) groups excluding carboxylic acids is 4. The third kappa shape index (κ3) is 5.45. The largest absolute Gasteiger partial charge is 0.425 e. The third-order valence-electron chi connectivity index (χ3n) is 4.52. The lowest BCUT2D eigenvalue weighted by Gasteiger charge is -2.47. The summed E-state index contributed by atoms with van der Waals surface area (Å²) < 4.78 is 10.2. The fraction of sp³-hybridized carbons (Fsp3) is 0.474. The number of nitrogen functional groups attached to an aromatic ring is 1. The van der Waals surface area contributed by atoms with Gasteiger partial charge in [-0.2, -0.15) is 0 Å². The predicted molar refractivity (Wildman–Crippen MR) is 120 cm³/mol. The summed E-state index contributed by atoms with van der Waals surface area (Å²) in [5.74, 6) is -2.34. The minimum atomic E-state index is -1.06. The molecule has 14 heteroatoms. The number of thiazole rings is 1. The van der Waals surface area contributed by atoms with Crippen LogP contribution in [0.25, 0.3) is 0 Å². The number of aromatic nitrogens is 1. The zero-order chi connectivity index (χ0) is 24.3. The van der Waals surface area contributed by atoms with Crippen molar-refractivity contribution in [1.82, 2.24) is 15.2 Å². The maximum atomic E-state index is 12.7. The first-order chi connectivity index (χ1) is 15.6. The Morgan fingerprint density at radius 1 is 1.30 bits per heavy atom. The van der Waals surface area contributed by atoms with Gasteiger partial charge in [0, 0.05) is 24.3 Å². The number of anilines is 1. The Hall–Kier alpha value is -3.13. The number of esters is 2. The highest BCUT2D eigenvalue weighted by atomic mass is 32.2. The second-order valence-corrected chi connectivity index (χ2v) is 9.31. The number of oxime groups is 1. The minimum absolute atomic E-state index is 0.109. The molecule has 0 saturated carbocycles. The lowest BCUT2D eigenvalue weighted by Crippen LogP contribution is -2.69. The van der Waals surface area contributed by atoms with Gasteiger partial charge in [0.1, 0.15) is 24.2 Å². The number of hydrogen-bond acceptors (Lipinski definition) is 12. The van der Waals surface area contributed by atoms with Crippen molar-refractivity contribution in [1.29, 1.82) is 0 Å². The zero-order valence-electron chi connectivity index (χ0n) is 18.3. The van der Waals surface area contributed by atoms with Crippen LogP contribution in [0.2, 0.25) is 0 Å². The van der Waals surface area contributed by atoms with Crippen LogP contribution in [-0.2, 0) is 33.5 Å². The molecule has 0 bridgehead atoms. The van der Waals surface area contributed by atoms with Crippen molar-refractivity contribution in [3.63, 3.8) is 0 Å². The molecule has 3 heterocycles. The lowest BCUT2D eigenvalue weighted by atomic mass is 10.1. The topological polar surface area (TPSA) is 163 Å². The van der Waals surface area contributed by atoms with Crippen molar-refractivity contribution in [2.24, 2.45) is 11.1 Å². The van der Waals surface area contributed by atoms with Crippen molar-refractivity contribution in [2.75, 3.05) is 18.6 Å². The Kier molecular flexibility index (Phi) is 7.58. The number of nitrogens with zero attached hydrogens (tertiary/aromatic N) is 3. The summed E-state index contributed by atoms with van der Waals surface area (Å²) in [4.78, 5) is 59.3. The highest BCUT2D eigenvalue weighted by molar-refractivity contribution is 8.00. The van der Waals surface area contributed by atoms with Crippen LogP contribution in [0.15, 0.2) is 22.3 Å². The van der Waals surface area contributed by atoms with Crippen LogP contribution in [0, 0.1) is 5.92 Å². The first-order valence-electron chi connectivity index (χ1n) is 9.81. The van der Waals surface area contributed by atoms with Crippen molar-refractivity contribution < 1.29 is 33.5 Å². The van der Waals surface area contributed by atoms with Crippen LogP contribution in [0.5, 0.6) is 0 Å². The van der Waals surface area contributed by atoms with E-state index in [1.807, 2.05) is 0 Å². The molecule has 33 heavy (non-hydrogen) atoms. The van der Waals surface area contributed by atoms with Gasteiger partial charge in [0.05, 0.1) is 11.5 Å². The molecule has 178 valence electrons. The molecule has 0 aliphatic carbocycles. The number of β-lactam (4-membered cyclic amide) rings is 1. The molecule has 0 aromatic carbocycles. The van der Waals surface area contributed by atoms with E-state index in [0.29, 0.717) is 0 Å². The van der Waals surface area contributed by atoms with Gasteiger partial charge in [-0.15, -0.1) is 23.1 Å². The summed E-state index contributed by atoms with van der Waals surface area (Å²) in [6.45, 7) is 4.77. The van der Waals surface area contributed by atoms with Crippen molar-refractivity contribution >= 4 is 57.7 Å². The molecule has 0 radical (unpaired) electrons. The van der Waals surface area contributed by atoms with Crippen LogP contribution < -0.4 is 11.1 Å². The summed E-state index contributed by atoms with van der Waals surface area (Å²) in [5, 5.41) is 7.73. The zero-order valence-corrected chi connectivity index (χ0v) is 19.9. The SMILES string of the molecule is CON=C(C(=O)NC1C(=O)N2C=C(C(=O)OC(C)OC(=O)C(C)C)CS[C@H]12)c1csc(N)n1. The van der Waals surface area contributed by atoms with E-state index in [9.17, 15) is 19.2 Å². The normalized spacial score (nSPS) is 20.9. The first-order valence-corrected chi connectivity index (χ1v) is 11.7. The number of ether oxygens (including phenoxy) is 2. The van der Waals surface area contributed by atoms with Crippen LogP contribution in [-0.4, -0.2) is 69.9 Å². The monoisotopic (exact) mass is 497 g/mol. The van der Waals surface area contributed by atoms with E-state index >= 15 is 0 Å². The van der Waals surface area contributed by atoms with Crippen LogP contribution in [0.3, 0.4) is 0 Å². The molecule has 1 aromatic heterocycles. The molecule has 1 aromatic rings. The van der Waals surface area contributed by atoms with E-state index in [1.54, 1.807) is 19.2 Å². The van der Waals surface area contributed by atoms with E-state index < -0.39 is 41.5 Å². The Balaban J connectivity index is 1.60. The Morgan fingerprint density at radius 3 is 2.64 bits per heavy atom. The molecule has 1 fully saturated rings. The molecular formula is C19H23N5O7S2. The lowest BCUT2D eigenvalue weighted by molar-refractivity contribution is -0.184. The number of carbonyl (C=O) groups is 4. The molecular weight excluding hydrogens is 474 g/mol. The molecule has 3 N–H and O–H groups in total. The Bertz CT molecular complexity index is 1020. The number of rotatable bonds is 8. The van der Waals surface area contributed by atoms with Gasteiger partial charge in [-0.25, -0.2) is 9.78 Å². The molecule has 1 saturated heterocycles. The van der Waals surface area contributed by atoms with E-state index in [1.165, 1.54) is 36.9 Å². The fourth-order valence-electron chi connectivity index (χ4n) is 2.88. The standard InChI is InChI=1S/C19H23N5O7S2/c1-8(2)17(27)30-9(3)31-18(28)10-5-24-15(26)13(16(24)32-6-10)22-14(25)12(23-29-4)11-7-33-19(20)21-11/h5,7-9,13,16H,6H2,1-4H3,(H2,20,21)(H,22,25)/t9?,13?,16-/m1/s1. The number of nitrogens with two attached hydrogens (primary N) is 1. The highest BCUT2D eigenvalue weighted by Crippen LogP contribution is 2.36. The second-order valence-electron chi connectivity index (χ2n) is 7.31. The third-order valence-corrected chi connectivity index (χ3v) is 6.51. The minimum Gasteiger partial charge on any atom is -0.425 e. The number of nitrogens with one attached hydrogen (secondary N) is 1. The van der Waals surface area contributed by atoms with Crippen LogP contribution in [0.1, 0.15) is 26.5 Å². The maximum Gasteiger partial charge on any atom is 0.339 e. The average molecular weight is 498 g/mol. The van der Waals surface area contributed by atoms with E-state index in [4.69, 9.17) is 20.0 Å². The molecule has 3 atom stereocenters. The van der Waals surface area contributed by atoms with Gasteiger partial charge < -0.3 is 30.3 Å². The summed E-state index contributed by atoms with van der Waals surface area (Å²) in [6.07, 6.45) is 0.324. The van der Waals surface area contributed by atoms with Crippen molar-refractivity contribution in [3.8, 4) is 0 Å². The molecule has 3 rings (SSSR count). The van der Waals surface area contributed by atoms with E-state index in [2.05, 4.69) is 15.5 Å². The second kappa shape index (κ2) is 10.2. The Morgan fingerprint density at radius 2 is 2.03 bits per heavy atom. The molecule has 2 amide bonds. The predicted octanol–water partition coefficient (Wildman–Crippen LogP) is 0.448. The van der Waals surface area contributed by atoms with Crippen LogP contribution in [0.4, 0.5) is 5.13 Å². The summed E-state index contributed by atoms with van der Waals surface area (Å²) in [6, 6.07) is -0.819. The van der Waals surface area contributed by atoms with Gasteiger partial charge >= 0.3 is 11.9 Å². The van der Waals surface area contributed by atoms with E-state index in [0.717, 1.165) is 11.3 Å². The van der Waals surface area contributed by atoms with Crippen molar-refractivity contribution in [2.45, 2.75) is 38.5 Å². The number of fused-ring (bicyclic) bond motifs is 1. The van der Waals surface area contributed by atoms with Gasteiger partial charge in [0.15, 0.2) is 10.8 Å². The van der Waals surface area contributed by atoms with Gasteiger partial charge in [-0.3, -0.25) is 14.4 Å². The Labute approximate surface area is 197 Å². The number of amides is 2. The summed E-state index contributed by atoms with van der Waals surface area (Å²) >= 11 is 2.42. The molecule has 12 nitrogen and oxygen atoms in total. The molecule has 0 spiro atoms. The van der Waals surface area contributed by atoms with Gasteiger partial charge in [0.2, 0.25) is 6.29 Å². The average Bonchev–Trinajstić information content (AvgIpc) is 3.20. The van der Waals surface area contributed by atoms with Crippen molar-refractivity contribution in [3.05, 3.63) is 22.8 Å². The molecule has 2 aliphatic rings. The smallest absolute Gasteiger partial charge is 0.339 e. The molecule has 2 aliphatic heterocycles. The van der Waals surface area contributed by atoms with Gasteiger partial charge in [-0.1, -0.05) is 19.0 Å². The fourth-order valence-corrected chi connectivity index (χ4v) is 4.67. The van der Waals surface area contributed by atoms with E-state index in [-0.39, 0.29) is 33.8 Å². The number of hydrogen-bond donors (Lipinski definition) is 2. The van der Waals surface area contributed by atoms with Crippen LogP contribution >= 0.6 is 23.1 Å². The quantitative estimate of drug-likeness (QED) is 0.169. The molecule has 2 unspecified atom stereocenters. The highest BCUT2D eigenvalue weighted by Gasteiger charge is 2.50. The maximum absolute atomic E-state index is 12.7. The number of thioether (sulfide) groups is 1. The summed E-state index contributed by atoms with van der Waals surface area (Å²) in [5.41, 5.74) is 5.97. The first kappa shape index (κ1) is 24.5. The van der Waals surface area contributed by atoms with Gasteiger partial charge in [-0.05, 0) is 0 Å². The van der Waals surface area contributed by atoms with Gasteiger partial charge in [0.25, 0.3) is 11.8 Å².